The van der Waals surface area contributed by atoms with E-state index < -0.39 is 0 Å². The lowest BCUT2D eigenvalue weighted by atomic mass is 9.93. The summed E-state index contributed by atoms with van der Waals surface area (Å²) in [6.07, 6.45) is 4.28. The standard InChI is InChI=1S/C23H24ClN5O2S/c1-29-9-8-18-20(12-29)32-23(28-18)22(31)27-17-5-3-2-4-16(17)26-21(30)19-11-13-10-14(24)6-7-15(13)25-19/h6-7,10-11,16,25H,2-5,8-9,12H2,1H3,(H,26,30)/t16-/m0/s1. The molecule has 0 bridgehead atoms. The third-order valence-corrected chi connectivity index (χ3v) is 7.37. The van der Waals surface area contributed by atoms with Crippen molar-refractivity contribution in [2.24, 2.45) is 4.99 Å². The Balaban J connectivity index is 1.33. The molecule has 7 nitrogen and oxygen atoms in total. The Labute approximate surface area is 194 Å². The lowest BCUT2D eigenvalue weighted by Gasteiger charge is -2.24. The number of aromatic nitrogens is 2. The zero-order chi connectivity index (χ0) is 22.2. The van der Waals surface area contributed by atoms with Crippen LogP contribution in [0.25, 0.3) is 10.9 Å². The van der Waals surface area contributed by atoms with Crippen LogP contribution in [0.2, 0.25) is 5.02 Å². The molecule has 0 radical (unpaired) electrons. The largest absolute Gasteiger partial charge is 0.351 e. The maximum absolute atomic E-state index is 12.9. The van der Waals surface area contributed by atoms with Gasteiger partial charge in [-0.05, 0) is 50.6 Å². The average Bonchev–Trinajstić information content (AvgIpc) is 3.38. The number of hydrogen-bond acceptors (Lipinski definition) is 5. The highest BCUT2D eigenvalue weighted by Gasteiger charge is 2.26. The lowest BCUT2D eigenvalue weighted by Crippen LogP contribution is -2.43. The number of hydrogen-bond donors (Lipinski definition) is 2. The molecule has 166 valence electrons. The van der Waals surface area contributed by atoms with Gasteiger partial charge >= 0.3 is 5.91 Å². The number of fused-ring (bicyclic) bond motifs is 2. The highest BCUT2D eigenvalue weighted by Crippen LogP contribution is 2.26. The van der Waals surface area contributed by atoms with Crippen LogP contribution in [0.1, 0.15) is 56.5 Å². The molecule has 0 spiro atoms. The van der Waals surface area contributed by atoms with Gasteiger partial charge in [0, 0.05) is 46.0 Å². The van der Waals surface area contributed by atoms with E-state index in [9.17, 15) is 9.59 Å². The van der Waals surface area contributed by atoms with Crippen molar-refractivity contribution < 1.29 is 9.59 Å². The number of carbonyl (C=O) groups is 2. The van der Waals surface area contributed by atoms with Gasteiger partial charge in [-0.2, -0.15) is 0 Å². The Kier molecular flexibility index (Phi) is 5.84. The first-order valence-electron chi connectivity index (χ1n) is 10.8. The predicted octanol–water partition coefficient (Wildman–Crippen LogP) is 4.22. The van der Waals surface area contributed by atoms with Crippen molar-refractivity contribution in [2.45, 2.75) is 44.7 Å². The maximum atomic E-state index is 12.9. The number of H-pyrrole nitrogens is 1. The van der Waals surface area contributed by atoms with E-state index in [1.807, 2.05) is 12.1 Å². The van der Waals surface area contributed by atoms with Gasteiger partial charge in [0.1, 0.15) is 5.69 Å². The van der Waals surface area contributed by atoms with Gasteiger partial charge in [0.2, 0.25) is 0 Å². The number of aromatic amines is 1. The molecule has 1 aliphatic heterocycles. The van der Waals surface area contributed by atoms with E-state index in [4.69, 9.17) is 11.6 Å². The summed E-state index contributed by atoms with van der Waals surface area (Å²) in [5.41, 5.74) is 3.07. The SMILES string of the molecule is CN1CCc2nc(C(=O)N=C3CCCC[C@@H]3NC(=O)c3cc4cc(Cl)ccc4[nH]3)sc2C1. The Morgan fingerprint density at radius 1 is 1.28 bits per heavy atom. The second-order valence-corrected chi connectivity index (χ2v) is 9.99. The van der Waals surface area contributed by atoms with Crippen molar-refractivity contribution >= 4 is 51.4 Å². The fourth-order valence-electron chi connectivity index (χ4n) is 4.34. The molecule has 1 atom stereocenters. The molecule has 1 fully saturated rings. The fourth-order valence-corrected chi connectivity index (χ4v) is 5.59. The zero-order valence-corrected chi connectivity index (χ0v) is 19.4. The quantitative estimate of drug-likeness (QED) is 0.600. The van der Waals surface area contributed by atoms with Crippen LogP contribution < -0.4 is 5.32 Å². The van der Waals surface area contributed by atoms with Gasteiger partial charge in [-0.25, -0.2) is 9.98 Å². The highest BCUT2D eigenvalue weighted by molar-refractivity contribution is 7.13. The highest BCUT2D eigenvalue weighted by atomic mass is 35.5. The smallest absolute Gasteiger partial charge is 0.305 e. The summed E-state index contributed by atoms with van der Waals surface area (Å²) in [5.74, 6) is -0.513. The van der Waals surface area contributed by atoms with Crippen molar-refractivity contribution in [1.82, 2.24) is 20.2 Å². The summed E-state index contributed by atoms with van der Waals surface area (Å²) < 4.78 is 0. The van der Waals surface area contributed by atoms with E-state index in [1.54, 1.807) is 12.1 Å². The van der Waals surface area contributed by atoms with Gasteiger partial charge in [-0.3, -0.25) is 9.59 Å². The van der Waals surface area contributed by atoms with Crippen molar-refractivity contribution in [3.63, 3.8) is 0 Å². The molecule has 1 aliphatic carbocycles. The number of nitrogens with zero attached hydrogens (tertiary/aromatic N) is 3. The van der Waals surface area contributed by atoms with Crippen molar-refractivity contribution in [2.75, 3.05) is 13.6 Å². The molecule has 5 rings (SSSR count). The van der Waals surface area contributed by atoms with Gasteiger partial charge in [-0.15, -0.1) is 11.3 Å². The van der Waals surface area contributed by atoms with Crippen molar-refractivity contribution in [3.8, 4) is 0 Å². The molecule has 2 amide bonds. The second-order valence-electron chi connectivity index (χ2n) is 8.47. The summed E-state index contributed by atoms with van der Waals surface area (Å²) in [6.45, 7) is 1.78. The van der Waals surface area contributed by atoms with Crippen molar-refractivity contribution in [1.29, 1.82) is 0 Å². The molecule has 32 heavy (non-hydrogen) atoms. The zero-order valence-electron chi connectivity index (χ0n) is 17.8. The van der Waals surface area contributed by atoms with Crippen LogP contribution in [0.3, 0.4) is 0 Å². The molecule has 1 aromatic carbocycles. The van der Waals surface area contributed by atoms with Crippen LogP contribution in [0, 0.1) is 0 Å². The number of thiazole rings is 1. The summed E-state index contributed by atoms with van der Waals surface area (Å²) in [6, 6.07) is 7.00. The lowest BCUT2D eigenvalue weighted by molar-refractivity contribution is 0.0935. The van der Waals surface area contributed by atoms with Gasteiger partial charge < -0.3 is 15.2 Å². The molecule has 9 heteroatoms. The number of nitrogens with one attached hydrogen (secondary N) is 2. The molecule has 0 unspecified atom stereocenters. The molecule has 2 aromatic heterocycles. The van der Waals surface area contributed by atoms with E-state index >= 15 is 0 Å². The number of aliphatic imine (C=N–C) groups is 1. The molecule has 1 saturated carbocycles. The van der Waals surface area contributed by atoms with Crippen LogP contribution in [0.5, 0.6) is 0 Å². The van der Waals surface area contributed by atoms with E-state index in [2.05, 4.69) is 32.2 Å². The number of benzene rings is 1. The minimum Gasteiger partial charge on any atom is -0.351 e. The average molecular weight is 470 g/mol. The van der Waals surface area contributed by atoms with Gasteiger partial charge in [-0.1, -0.05) is 18.0 Å². The van der Waals surface area contributed by atoms with Crippen LogP contribution in [0.4, 0.5) is 0 Å². The molecular weight excluding hydrogens is 446 g/mol. The molecule has 3 heterocycles. The van der Waals surface area contributed by atoms with Crippen LogP contribution in [-0.4, -0.2) is 52.0 Å². The monoisotopic (exact) mass is 469 g/mol. The Morgan fingerprint density at radius 3 is 3.03 bits per heavy atom. The van der Waals surface area contributed by atoms with Gasteiger partial charge in [0.25, 0.3) is 5.91 Å². The summed E-state index contributed by atoms with van der Waals surface area (Å²) in [5, 5.41) is 5.02. The minimum atomic E-state index is -0.302. The van der Waals surface area contributed by atoms with E-state index in [-0.39, 0.29) is 17.9 Å². The third-order valence-electron chi connectivity index (χ3n) is 6.06. The van der Waals surface area contributed by atoms with Crippen LogP contribution in [0.15, 0.2) is 29.3 Å². The number of rotatable bonds is 3. The molecule has 3 aromatic rings. The van der Waals surface area contributed by atoms with E-state index in [0.717, 1.165) is 66.0 Å². The molecular formula is C23H24ClN5O2S. The minimum absolute atomic E-state index is 0.211. The summed E-state index contributed by atoms with van der Waals surface area (Å²) >= 11 is 7.49. The first kappa shape index (κ1) is 21.3. The number of likely N-dealkylation sites (N-methyl/N-ethyl adjacent to an activating group) is 1. The van der Waals surface area contributed by atoms with Crippen LogP contribution >= 0.6 is 22.9 Å². The fraction of sp³-hybridized carbons (Fsp3) is 0.391. The maximum Gasteiger partial charge on any atom is 0.305 e. The molecule has 2 N–H and O–H groups in total. The number of carbonyl (C=O) groups excluding carboxylic acids is 2. The Bertz CT molecular complexity index is 1230. The molecule has 0 saturated heterocycles. The van der Waals surface area contributed by atoms with Gasteiger partial charge in [0.05, 0.1) is 11.7 Å². The summed E-state index contributed by atoms with van der Waals surface area (Å²) in [7, 11) is 2.07. The van der Waals surface area contributed by atoms with Crippen molar-refractivity contribution in [3.05, 3.63) is 50.6 Å². The first-order chi connectivity index (χ1) is 15.5. The van der Waals surface area contributed by atoms with Crippen LogP contribution in [-0.2, 0) is 13.0 Å². The first-order valence-corrected chi connectivity index (χ1v) is 12.0. The topological polar surface area (TPSA) is 90.4 Å². The predicted molar refractivity (Wildman–Crippen MR) is 127 cm³/mol. The molecule has 2 aliphatic rings. The Hall–Kier alpha value is -2.55. The van der Waals surface area contributed by atoms with E-state index in [1.165, 1.54) is 11.3 Å². The summed E-state index contributed by atoms with van der Waals surface area (Å²) in [4.78, 5) is 41.3. The number of halogens is 1. The normalized spacial score (nSPS) is 20.4. The van der Waals surface area contributed by atoms with E-state index in [0.29, 0.717) is 22.1 Å². The number of amides is 2. The Morgan fingerprint density at radius 2 is 2.16 bits per heavy atom. The third kappa shape index (κ3) is 4.35. The van der Waals surface area contributed by atoms with Gasteiger partial charge in [0.15, 0.2) is 5.01 Å². The second kappa shape index (κ2) is 8.77.